The number of aliphatic hydroxyl groups excluding tert-OH is 1. The summed E-state index contributed by atoms with van der Waals surface area (Å²) in [5.41, 5.74) is -0.753. The van der Waals surface area contributed by atoms with E-state index in [4.69, 9.17) is 10.2 Å². The molecule has 5 nitrogen and oxygen atoms in total. The average molecular weight is 212 g/mol. The van der Waals surface area contributed by atoms with Crippen molar-refractivity contribution in [3.05, 3.63) is 12.7 Å². The molecule has 1 unspecified atom stereocenters. The molecule has 0 amide bonds. The lowest BCUT2D eigenvalue weighted by atomic mass is 9.80. The van der Waals surface area contributed by atoms with Crippen LogP contribution in [0.5, 0.6) is 0 Å². The minimum absolute atomic E-state index is 0.0833. The smallest absolute Gasteiger partial charge is 0.304 e. The van der Waals surface area contributed by atoms with E-state index < -0.39 is 11.4 Å². The Bertz CT molecular complexity index is 288. The fourth-order valence-corrected chi connectivity index (χ4v) is 1.76. The van der Waals surface area contributed by atoms with Gasteiger partial charge in [0.2, 0.25) is 0 Å². The molecule has 0 saturated heterocycles. The van der Waals surface area contributed by atoms with Gasteiger partial charge in [-0.15, -0.1) is 6.58 Å². The zero-order valence-corrected chi connectivity index (χ0v) is 8.57. The van der Waals surface area contributed by atoms with Crippen molar-refractivity contribution in [2.75, 3.05) is 19.7 Å². The third-order valence-electron chi connectivity index (χ3n) is 2.56. The van der Waals surface area contributed by atoms with Crippen molar-refractivity contribution >= 4 is 11.8 Å². The van der Waals surface area contributed by atoms with Crippen LogP contribution in [0.2, 0.25) is 0 Å². The first-order chi connectivity index (χ1) is 7.14. The quantitative estimate of drug-likeness (QED) is 0.542. The summed E-state index contributed by atoms with van der Waals surface area (Å²) in [4.78, 5) is 15.0. The van der Waals surface area contributed by atoms with Gasteiger partial charge in [0.25, 0.3) is 0 Å². The van der Waals surface area contributed by atoms with Gasteiger partial charge in [-0.05, 0) is 6.42 Å². The summed E-state index contributed by atoms with van der Waals surface area (Å²) in [6, 6.07) is 0. The number of aliphatic hydroxyl groups is 1. The second kappa shape index (κ2) is 4.93. The lowest BCUT2D eigenvalue weighted by Crippen LogP contribution is -2.39. The largest absolute Gasteiger partial charge is 0.481 e. The Kier molecular flexibility index (Phi) is 3.85. The Morgan fingerprint density at radius 1 is 1.73 bits per heavy atom. The molecule has 1 heterocycles. The summed E-state index contributed by atoms with van der Waals surface area (Å²) in [6.45, 7) is 4.94. The van der Waals surface area contributed by atoms with Gasteiger partial charge in [0.1, 0.15) is 5.84 Å². The van der Waals surface area contributed by atoms with Gasteiger partial charge >= 0.3 is 5.97 Å². The van der Waals surface area contributed by atoms with Gasteiger partial charge in [-0.1, -0.05) is 6.08 Å². The van der Waals surface area contributed by atoms with E-state index in [9.17, 15) is 4.79 Å². The fraction of sp³-hybridized carbons (Fsp3) is 0.600. The number of aliphatic carboxylic acids is 1. The predicted octanol–water partition coefficient (Wildman–Crippen LogP) is 0.0176. The molecule has 1 aliphatic rings. The molecule has 0 aromatic rings. The lowest BCUT2D eigenvalue weighted by Gasteiger charge is -2.28. The molecule has 1 aliphatic heterocycles. The number of hydrogen-bond acceptors (Lipinski definition) is 4. The molecule has 5 heteroatoms. The normalized spacial score (nSPS) is 18.9. The monoisotopic (exact) mass is 212 g/mol. The molecule has 0 saturated carbocycles. The first kappa shape index (κ1) is 11.7. The molecule has 84 valence electrons. The maximum absolute atomic E-state index is 10.8. The number of aliphatic imine (C=N–C) groups is 1. The van der Waals surface area contributed by atoms with E-state index in [0.717, 1.165) is 6.54 Å². The Morgan fingerprint density at radius 3 is 2.87 bits per heavy atom. The van der Waals surface area contributed by atoms with E-state index in [-0.39, 0.29) is 13.0 Å². The number of rotatable bonds is 6. The highest BCUT2D eigenvalue weighted by molar-refractivity contribution is 5.94. The van der Waals surface area contributed by atoms with E-state index >= 15 is 0 Å². The summed E-state index contributed by atoms with van der Waals surface area (Å²) in [6.07, 6.45) is 1.80. The SMILES string of the molecule is C=CC(CCO)(CC(=O)O)C1=NCCN1. The molecule has 0 bridgehead atoms. The Morgan fingerprint density at radius 2 is 2.47 bits per heavy atom. The van der Waals surface area contributed by atoms with Gasteiger partial charge in [0.15, 0.2) is 0 Å². The zero-order chi connectivity index (χ0) is 11.3. The number of hydrogen-bond donors (Lipinski definition) is 3. The highest BCUT2D eigenvalue weighted by atomic mass is 16.4. The molecule has 3 N–H and O–H groups in total. The van der Waals surface area contributed by atoms with E-state index in [2.05, 4.69) is 16.9 Å². The minimum atomic E-state index is -0.917. The molecular formula is C10H16N2O3. The zero-order valence-electron chi connectivity index (χ0n) is 8.57. The number of nitrogens with zero attached hydrogens (tertiary/aromatic N) is 1. The van der Waals surface area contributed by atoms with Crippen molar-refractivity contribution in [2.45, 2.75) is 12.8 Å². The van der Waals surface area contributed by atoms with Crippen LogP contribution in [0.1, 0.15) is 12.8 Å². The van der Waals surface area contributed by atoms with Crippen LogP contribution in [0.4, 0.5) is 0 Å². The predicted molar refractivity (Wildman–Crippen MR) is 56.9 cm³/mol. The summed E-state index contributed by atoms with van der Waals surface area (Å²) >= 11 is 0. The second-order valence-corrected chi connectivity index (χ2v) is 3.56. The van der Waals surface area contributed by atoms with Crippen molar-refractivity contribution in [3.63, 3.8) is 0 Å². The summed E-state index contributed by atoms with van der Waals surface area (Å²) < 4.78 is 0. The maximum Gasteiger partial charge on any atom is 0.304 e. The molecule has 0 fully saturated rings. The van der Waals surface area contributed by atoms with Crippen LogP contribution in [-0.4, -0.2) is 41.7 Å². The molecular weight excluding hydrogens is 196 g/mol. The van der Waals surface area contributed by atoms with Crippen molar-refractivity contribution in [1.82, 2.24) is 5.32 Å². The molecule has 15 heavy (non-hydrogen) atoms. The Hall–Kier alpha value is -1.36. The lowest BCUT2D eigenvalue weighted by molar-refractivity contribution is -0.138. The number of amidine groups is 1. The average Bonchev–Trinajstić information content (AvgIpc) is 2.69. The first-order valence-corrected chi connectivity index (χ1v) is 4.89. The number of carbonyl (C=O) groups is 1. The highest BCUT2D eigenvalue weighted by Gasteiger charge is 2.36. The van der Waals surface area contributed by atoms with Gasteiger partial charge < -0.3 is 15.5 Å². The topological polar surface area (TPSA) is 81.9 Å². The van der Waals surface area contributed by atoms with Crippen LogP contribution in [0, 0.1) is 5.41 Å². The van der Waals surface area contributed by atoms with Gasteiger partial charge in [-0.3, -0.25) is 9.79 Å². The highest BCUT2D eigenvalue weighted by Crippen LogP contribution is 2.30. The summed E-state index contributed by atoms with van der Waals surface area (Å²) in [5, 5.41) is 20.9. The third kappa shape index (κ3) is 2.56. The molecule has 0 aromatic heterocycles. The molecule has 0 aliphatic carbocycles. The molecule has 1 rings (SSSR count). The van der Waals surface area contributed by atoms with Crippen LogP contribution < -0.4 is 5.32 Å². The minimum Gasteiger partial charge on any atom is -0.481 e. The van der Waals surface area contributed by atoms with Crippen LogP contribution in [-0.2, 0) is 4.79 Å². The Balaban J connectivity index is 2.90. The van der Waals surface area contributed by atoms with Crippen LogP contribution >= 0.6 is 0 Å². The molecule has 0 spiro atoms. The van der Waals surface area contributed by atoms with E-state index in [1.807, 2.05) is 0 Å². The number of carboxylic acids is 1. The van der Waals surface area contributed by atoms with Crippen LogP contribution in [0.25, 0.3) is 0 Å². The van der Waals surface area contributed by atoms with Gasteiger partial charge in [0.05, 0.1) is 18.4 Å². The summed E-state index contributed by atoms with van der Waals surface area (Å²) in [5.74, 6) is -0.284. The van der Waals surface area contributed by atoms with E-state index in [1.54, 1.807) is 6.08 Å². The molecule has 1 atom stereocenters. The molecule has 0 radical (unpaired) electrons. The van der Waals surface area contributed by atoms with Crippen LogP contribution in [0.15, 0.2) is 17.6 Å². The third-order valence-corrected chi connectivity index (χ3v) is 2.56. The van der Waals surface area contributed by atoms with Crippen molar-refractivity contribution in [3.8, 4) is 0 Å². The van der Waals surface area contributed by atoms with Crippen molar-refractivity contribution < 1.29 is 15.0 Å². The fourth-order valence-electron chi connectivity index (χ4n) is 1.76. The van der Waals surface area contributed by atoms with Crippen molar-refractivity contribution in [2.24, 2.45) is 10.4 Å². The van der Waals surface area contributed by atoms with Crippen molar-refractivity contribution in [1.29, 1.82) is 0 Å². The van der Waals surface area contributed by atoms with Crippen LogP contribution in [0.3, 0.4) is 0 Å². The summed E-state index contributed by atoms with van der Waals surface area (Å²) in [7, 11) is 0. The first-order valence-electron chi connectivity index (χ1n) is 4.89. The van der Waals surface area contributed by atoms with Gasteiger partial charge in [-0.25, -0.2) is 0 Å². The van der Waals surface area contributed by atoms with E-state index in [1.165, 1.54) is 0 Å². The molecule has 0 aromatic carbocycles. The standard InChI is InChI=1S/C10H16N2O3/c1-2-10(3-6-13,7-8(14)15)9-11-4-5-12-9/h2,13H,1,3-7H2,(H,11,12)(H,14,15). The van der Waals surface area contributed by atoms with Gasteiger partial charge in [-0.2, -0.15) is 0 Å². The number of carboxylic acid groups (broad SMARTS) is 1. The van der Waals surface area contributed by atoms with Gasteiger partial charge in [0, 0.05) is 13.2 Å². The Labute approximate surface area is 88.5 Å². The second-order valence-electron chi connectivity index (χ2n) is 3.56. The van der Waals surface area contributed by atoms with E-state index in [0.29, 0.717) is 18.8 Å². The maximum atomic E-state index is 10.8. The number of nitrogens with one attached hydrogen (secondary N) is 1.